The van der Waals surface area contributed by atoms with Gasteiger partial charge in [0, 0.05) is 16.1 Å². The molecule has 1 N–H and O–H groups in total. The number of hydrazone groups is 1. The molecule has 0 fully saturated rings. The van der Waals surface area contributed by atoms with Crippen LogP contribution in [0.4, 0.5) is 0 Å². The molecule has 6 heteroatoms. The topological polar surface area (TPSA) is 59.9 Å². The summed E-state index contributed by atoms with van der Waals surface area (Å²) >= 11 is 6.02. The Labute approximate surface area is 152 Å². The Morgan fingerprint density at radius 3 is 2.56 bits per heavy atom. The van der Waals surface area contributed by atoms with Crippen molar-refractivity contribution >= 4 is 23.2 Å². The highest BCUT2D eigenvalue weighted by atomic mass is 35.5. The highest BCUT2D eigenvalue weighted by molar-refractivity contribution is 6.31. The average Bonchev–Trinajstić information content (AvgIpc) is 2.64. The quantitative estimate of drug-likeness (QED) is 0.591. The monoisotopic (exact) mass is 360 g/mol. The summed E-state index contributed by atoms with van der Waals surface area (Å²) in [7, 11) is 1.57. The first-order chi connectivity index (χ1) is 12.0. The van der Waals surface area contributed by atoms with Crippen LogP contribution in [0.15, 0.2) is 47.6 Å². The fourth-order valence-corrected chi connectivity index (χ4v) is 2.32. The summed E-state index contributed by atoms with van der Waals surface area (Å²) in [6.45, 7) is 4.46. The number of nitrogens with one attached hydrogen (secondary N) is 1. The first kappa shape index (κ1) is 18.8. The molecule has 132 valence electrons. The van der Waals surface area contributed by atoms with E-state index in [-0.39, 0.29) is 5.91 Å². The van der Waals surface area contributed by atoms with Crippen molar-refractivity contribution < 1.29 is 14.3 Å². The van der Waals surface area contributed by atoms with Gasteiger partial charge in [0.05, 0.1) is 19.4 Å². The molecule has 0 saturated heterocycles. The van der Waals surface area contributed by atoms with Crippen molar-refractivity contribution in [2.75, 3.05) is 13.7 Å². The molecule has 0 aliphatic heterocycles. The van der Waals surface area contributed by atoms with E-state index in [0.29, 0.717) is 28.7 Å². The highest BCUT2D eigenvalue weighted by Crippen LogP contribution is 2.23. The molecule has 0 unspecified atom stereocenters. The summed E-state index contributed by atoms with van der Waals surface area (Å²) in [6.07, 6.45) is 0.934. The minimum Gasteiger partial charge on any atom is -0.496 e. The number of hydrogen-bond acceptors (Lipinski definition) is 4. The fourth-order valence-electron chi connectivity index (χ4n) is 2.14. The van der Waals surface area contributed by atoms with Crippen molar-refractivity contribution in [2.24, 2.45) is 5.10 Å². The van der Waals surface area contributed by atoms with Crippen molar-refractivity contribution in [3.05, 3.63) is 58.6 Å². The summed E-state index contributed by atoms with van der Waals surface area (Å²) in [5.74, 6) is 1.07. The van der Waals surface area contributed by atoms with Crippen LogP contribution in [-0.4, -0.2) is 25.3 Å². The highest BCUT2D eigenvalue weighted by Gasteiger charge is 2.09. The van der Waals surface area contributed by atoms with Gasteiger partial charge in [0.15, 0.2) is 0 Å². The first-order valence-electron chi connectivity index (χ1n) is 7.96. The molecule has 0 atom stereocenters. The van der Waals surface area contributed by atoms with Gasteiger partial charge in [-0.1, -0.05) is 18.5 Å². The maximum absolute atomic E-state index is 12.2. The van der Waals surface area contributed by atoms with Gasteiger partial charge in [0.2, 0.25) is 0 Å². The number of nitrogens with zero attached hydrogens (tertiary/aromatic N) is 1. The van der Waals surface area contributed by atoms with Crippen molar-refractivity contribution in [1.29, 1.82) is 0 Å². The lowest BCUT2D eigenvalue weighted by Gasteiger charge is -2.09. The molecule has 2 aromatic carbocycles. The third-order valence-electron chi connectivity index (χ3n) is 3.47. The number of halogens is 1. The normalized spacial score (nSPS) is 11.1. The number of ether oxygens (including phenoxy) is 2. The Morgan fingerprint density at radius 1 is 1.20 bits per heavy atom. The molecular formula is C19H21ClN2O3. The Bertz CT molecular complexity index is 758. The molecule has 0 aromatic heterocycles. The van der Waals surface area contributed by atoms with Crippen molar-refractivity contribution in [3.63, 3.8) is 0 Å². The van der Waals surface area contributed by atoms with Crippen LogP contribution in [0.3, 0.4) is 0 Å². The van der Waals surface area contributed by atoms with E-state index in [9.17, 15) is 4.79 Å². The van der Waals surface area contributed by atoms with Gasteiger partial charge >= 0.3 is 0 Å². The number of carbonyl (C=O) groups is 1. The van der Waals surface area contributed by atoms with Crippen LogP contribution >= 0.6 is 11.6 Å². The number of carbonyl (C=O) groups excluding carboxylic acids is 1. The predicted molar refractivity (Wildman–Crippen MR) is 99.9 cm³/mol. The number of benzene rings is 2. The molecule has 0 bridgehead atoms. The zero-order valence-electron chi connectivity index (χ0n) is 14.5. The molecule has 25 heavy (non-hydrogen) atoms. The van der Waals surface area contributed by atoms with Gasteiger partial charge in [0.1, 0.15) is 11.5 Å². The zero-order valence-corrected chi connectivity index (χ0v) is 15.3. The van der Waals surface area contributed by atoms with Gasteiger partial charge < -0.3 is 9.47 Å². The van der Waals surface area contributed by atoms with Crippen LogP contribution in [0.5, 0.6) is 11.5 Å². The number of amides is 1. The second-order valence-electron chi connectivity index (χ2n) is 5.36. The van der Waals surface area contributed by atoms with E-state index in [1.807, 2.05) is 6.92 Å². The van der Waals surface area contributed by atoms with Crippen LogP contribution in [0.2, 0.25) is 5.02 Å². The fraction of sp³-hybridized carbons (Fsp3) is 0.263. The minimum atomic E-state index is -0.303. The van der Waals surface area contributed by atoms with E-state index in [2.05, 4.69) is 10.5 Å². The molecule has 2 rings (SSSR count). The number of rotatable bonds is 7. The van der Waals surface area contributed by atoms with Crippen molar-refractivity contribution in [1.82, 2.24) is 5.43 Å². The maximum Gasteiger partial charge on any atom is 0.271 e. The SMILES string of the molecule is CCCOc1ccc(C(=O)N/N=C(\C)c2cc(Cl)ccc2OC)cc1. The van der Waals surface area contributed by atoms with Crippen LogP contribution < -0.4 is 14.9 Å². The molecule has 2 aromatic rings. The van der Waals surface area contributed by atoms with Crippen LogP contribution in [0, 0.1) is 0 Å². The third kappa shape index (κ3) is 5.22. The van der Waals surface area contributed by atoms with Gasteiger partial charge in [-0.3, -0.25) is 4.79 Å². The standard InChI is InChI=1S/C19H21ClN2O3/c1-4-11-25-16-8-5-14(6-9-16)19(23)22-21-13(2)17-12-15(20)7-10-18(17)24-3/h5-10,12H,4,11H2,1-3H3,(H,22,23)/b21-13+. The Morgan fingerprint density at radius 2 is 1.92 bits per heavy atom. The third-order valence-corrected chi connectivity index (χ3v) is 3.70. The van der Waals surface area contributed by atoms with Gasteiger partial charge in [-0.25, -0.2) is 5.43 Å². The van der Waals surface area contributed by atoms with Gasteiger partial charge in [-0.15, -0.1) is 0 Å². The van der Waals surface area contributed by atoms with E-state index >= 15 is 0 Å². The molecule has 5 nitrogen and oxygen atoms in total. The Balaban J connectivity index is 2.07. The summed E-state index contributed by atoms with van der Waals surface area (Å²) in [4.78, 5) is 12.2. The lowest BCUT2D eigenvalue weighted by Crippen LogP contribution is -2.19. The molecule has 0 aliphatic rings. The Hall–Kier alpha value is -2.53. The molecule has 1 amide bonds. The van der Waals surface area contributed by atoms with Crippen LogP contribution in [-0.2, 0) is 0 Å². The van der Waals surface area contributed by atoms with E-state index in [1.54, 1.807) is 56.5 Å². The average molecular weight is 361 g/mol. The van der Waals surface area contributed by atoms with Crippen molar-refractivity contribution in [3.8, 4) is 11.5 Å². The largest absolute Gasteiger partial charge is 0.496 e. The molecule has 0 aliphatic carbocycles. The van der Waals surface area contributed by atoms with Crippen LogP contribution in [0.25, 0.3) is 0 Å². The Kier molecular flexibility index (Phi) is 6.83. The second kappa shape index (κ2) is 9.08. The van der Waals surface area contributed by atoms with E-state index in [0.717, 1.165) is 17.7 Å². The smallest absolute Gasteiger partial charge is 0.271 e. The number of methoxy groups -OCH3 is 1. The van der Waals surface area contributed by atoms with E-state index in [4.69, 9.17) is 21.1 Å². The van der Waals surface area contributed by atoms with Gasteiger partial charge in [-0.2, -0.15) is 5.10 Å². The second-order valence-corrected chi connectivity index (χ2v) is 5.79. The molecule has 0 radical (unpaired) electrons. The molecule has 0 saturated carbocycles. The van der Waals surface area contributed by atoms with Crippen molar-refractivity contribution in [2.45, 2.75) is 20.3 Å². The lowest BCUT2D eigenvalue weighted by molar-refractivity contribution is 0.0955. The summed E-state index contributed by atoms with van der Waals surface area (Å²) in [5, 5.41) is 4.71. The van der Waals surface area contributed by atoms with Crippen LogP contribution in [0.1, 0.15) is 36.2 Å². The lowest BCUT2D eigenvalue weighted by atomic mass is 10.1. The molecule has 0 heterocycles. The summed E-state index contributed by atoms with van der Waals surface area (Å²) < 4.78 is 10.8. The minimum absolute atomic E-state index is 0.303. The maximum atomic E-state index is 12.2. The number of hydrogen-bond donors (Lipinski definition) is 1. The van der Waals surface area contributed by atoms with E-state index < -0.39 is 0 Å². The van der Waals surface area contributed by atoms with Gasteiger partial charge in [-0.05, 0) is 55.8 Å². The summed E-state index contributed by atoms with van der Waals surface area (Å²) in [5.41, 5.74) is 4.35. The first-order valence-corrected chi connectivity index (χ1v) is 8.34. The summed E-state index contributed by atoms with van der Waals surface area (Å²) in [6, 6.07) is 12.2. The van der Waals surface area contributed by atoms with Gasteiger partial charge in [0.25, 0.3) is 5.91 Å². The van der Waals surface area contributed by atoms with E-state index in [1.165, 1.54) is 0 Å². The molecular weight excluding hydrogens is 340 g/mol. The zero-order chi connectivity index (χ0) is 18.2. The molecule has 0 spiro atoms. The predicted octanol–water partition coefficient (Wildman–Crippen LogP) is 4.29.